The molecule has 2 fully saturated rings. The lowest BCUT2D eigenvalue weighted by Gasteiger charge is -2.40. The molecule has 2 saturated heterocycles. The summed E-state index contributed by atoms with van der Waals surface area (Å²) < 4.78 is 3.33. The third-order valence-corrected chi connectivity index (χ3v) is 5.65. The van der Waals surface area contributed by atoms with E-state index in [0.29, 0.717) is 30.6 Å². The van der Waals surface area contributed by atoms with E-state index in [2.05, 4.69) is 15.1 Å². The molecule has 4 rings (SSSR count). The van der Waals surface area contributed by atoms with Crippen molar-refractivity contribution >= 4 is 5.91 Å². The van der Waals surface area contributed by atoms with Crippen LogP contribution in [0.2, 0.25) is 0 Å². The Bertz CT molecular complexity index is 912. The molecular weight excluding hydrogens is 356 g/mol. The van der Waals surface area contributed by atoms with E-state index in [-0.39, 0.29) is 5.56 Å². The average Bonchev–Trinajstić information content (AvgIpc) is 2.98. The third kappa shape index (κ3) is 4.01. The van der Waals surface area contributed by atoms with E-state index in [1.807, 2.05) is 24.8 Å². The standard InChI is InChI=1S/C20H28N6O2/c1-15-11-16(2)26(21-15)18-6-7-20(28)25(22-18)14-17-12-23(13-17)9-10-24-8-4-3-5-19(24)27/h6-7,11,17H,3-5,8-10,12-14H2,1-2H3. The van der Waals surface area contributed by atoms with E-state index in [1.165, 1.54) is 0 Å². The summed E-state index contributed by atoms with van der Waals surface area (Å²) in [4.78, 5) is 28.5. The van der Waals surface area contributed by atoms with Gasteiger partial charge in [-0.1, -0.05) is 0 Å². The molecule has 2 aliphatic heterocycles. The van der Waals surface area contributed by atoms with Crippen LogP contribution in [0.25, 0.3) is 5.82 Å². The van der Waals surface area contributed by atoms with Crippen molar-refractivity contribution in [2.24, 2.45) is 5.92 Å². The Hall–Kier alpha value is -2.48. The van der Waals surface area contributed by atoms with Crippen LogP contribution >= 0.6 is 0 Å². The van der Waals surface area contributed by atoms with Crippen molar-refractivity contribution in [2.45, 2.75) is 39.7 Å². The number of carbonyl (C=O) groups is 1. The fraction of sp³-hybridized carbons (Fsp3) is 0.600. The number of piperidine rings is 1. The lowest BCUT2D eigenvalue weighted by molar-refractivity contribution is -0.133. The molecule has 0 bridgehead atoms. The Morgan fingerprint density at radius 1 is 1.07 bits per heavy atom. The van der Waals surface area contributed by atoms with Gasteiger partial charge in [0, 0.05) is 56.8 Å². The molecule has 1 amide bonds. The summed E-state index contributed by atoms with van der Waals surface area (Å²) in [5.74, 6) is 1.38. The van der Waals surface area contributed by atoms with Gasteiger partial charge in [0.05, 0.1) is 12.2 Å². The second kappa shape index (κ2) is 7.87. The molecule has 28 heavy (non-hydrogen) atoms. The number of amides is 1. The van der Waals surface area contributed by atoms with Crippen LogP contribution < -0.4 is 5.56 Å². The van der Waals surface area contributed by atoms with Gasteiger partial charge in [0.2, 0.25) is 5.91 Å². The Labute approximate surface area is 164 Å². The number of hydrogen-bond acceptors (Lipinski definition) is 5. The highest BCUT2D eigenvalue weighted by molar-refractivity contribution is 5.76. The van der Waals surface area contributed by atoms with Crippen LogP contribution in [0.3, 0.4) is 0 Å². The zero-order chi connectivity index (χ0) is 19.7. The molecular formula is C20H28N6O2. The minimum Gasteiger partial charge on any atom is -0.341 e. The summed E-state index contributed by atoms with van der Waals surface area (Å²) in [5, 5.41) is 8.98. The molecule has 0 aromatic carbocycles. The molecule has 150 valence electrons. The summed E-state index contributed by atoms with van der Waals surface area (Å²) in [5.41, 5.74) is 1.85. The fourth-order valence-electron chi connectivity index (χ4n) is 4.12. The van der Waals surface area contributed by atoms with Gasteiger partial charge >= 0.3 is 0 Å². The zero-order valence-corrected chi connectivity index (χ0v) is 16.7. The van der Waals surface area contributed by atoms with Gasteiger partial charge in [-0.3, -0.25) is 9.59 Å². The van der Waals surface area contributed by atoms with Crippen LogP contribution in [-0.4, -0.2) is 68.0 Å². The minimum atomic E-state index is -0.0809. The van der Waals surface area contributed by atoms with Crippen LogP contribution in [0.4, 0.5) is 0 Å². The number of hydrogen-bond donors (Lipinski definition) is 0. The van der Waals surface area contributed by atoms with Crippen LogP contribution in [-0.2, 0) is 11.3 Å². The number of likely N-dealkylation sites (tertiary alicyclic amines) is 2. The molecule has 8 nitrogen and oxygen atoms in total. The predicted octanol–water partition coefficient (Wildman–Crippen LogP) is 0.990. The Kier molecular flexibility index (Phi) is 5.30. The molecule has 0 N–H and O–H groups in total. The monoisotopic (exact) mass is 384 g/mol. The Morgan fingerprint density at radius 3 is 2.61 bits per heavy atom. The number of aryl methyl sites for hydroxylation is 2. The highest BCUT2D eigenvalue weighted by Gasteiger charge is 2.28. The molecule has 2 aromatic heterocycles. The van der Waals surface area contributed by atoms with E-state index >= 15 is 0 Å². The first-order chi connectivity index (χ1) is 13.5. The van der Waals surface area contributed by atoms with Gasteiger partial charge in [-0.15, -0.1) is 5.10 Å². The van der Waals surface area contributed by atoms with Crippen molar-refractivity contribution in [1.29, 1.82) is 0 Å². The van der Waals surface area contributed by atoms with E-state index in [1.54, 1.807) is 21.5 Å². The molecule has 0 radical (unpaired) electrons. The molecule has 4 heterocycles. The smallest absolute Gasteiger partial charge is 0.266 e. The van der Waals surface area contributed by atoms with Crippen LogP contribution in [0.1, 0.15) is 30.7 Å². The number of nitrogens with zero attached hydrogens (tertiary/aromatic N) is 6. The van der Waals surface area contributed by atoms with E-state index in [9.17, 15) is 9.59 Å². The fourth-order valence-corrected chi connectivity index (χ4v) is 4.12. The van der Waals surface area contributed by atoms with Crippen molar-refractivity contribution in [3.8, 4) is 5.82 Å². The van der Waals surface area contributed by atoms with E-state index in [0.717, 1.165) is 57.0 Å². The molecule has 0 unspecified atom stereocenters. The van der Waals surface area contributed by atoms with Gasteiger partial charge in [-0.25, -0.2) is 9.36 Å². The van der Waals surface area contributed by atoms with E-state index in [4.69, 9.17) is 0 Å². The first kappa shape index (κ1) is 18.9. The third-order valence-electron chi connectivity index (χ3n) is 5.65. The molecule has 0 saturated carbocycles. The number of rotatable bonds is 6. The summed E-state index contributed by atoms with van der Waals surface area (Å²) >= 11 is 0. The first-order valence-corrected chi connectivity index (χ1v) is 10.1. The van der Waals surface area contributed by atoms with Gasteiger partial charge < -0.3 is 9.80 Å². The van der Waals surface area contributed by atoms with Gasteiger partial charge in [-0.05, 0) is 38.8 Å². The summed E-state index contributed by atoms with van der Waals surface area (Å²) in [6.45, 7) is 9.06. The largest absolute Gasteiger partial charge is 0.341 e. The highest BCUT2D eigenvalue weighted by Crippen LogP contribution is 2.18. The van der Waals surface area contributed by atoms with Crippen molar-refractivity contribution in [3.63, 3.8) is 0 Å². The Balaban J connectivity index is 1.32. The van der Waals surface area contributed by atoms with Crippen LogP contribution in [0.5, 0.6) is 0 Å². The maximum atomic E-state index is 12.2. The van der Waals surface area contributed by atoms with Gasteiger partial charge in [-0.2, -0.15) is 5.10 Å². The molecule has 8 heteroatoms. The maximum Gasteiger partial charge on any atom is 0.266 e. The van der Waals surface area contributed by atoms with Gasteiger partial charge in [0.1, 0.15) is 0 Å². The molecule has 0 aliphatic carbocycles. The number of carbonyl (C=O) groups excluding carboxylic acids is 1. The lowest BCUT2D eigenvalue weighted by Crippen LogP contribution is -2.52. The summed E-state index contributed by atoms with van der Waals surface area (Å²) in [6, 6.07) is 5.28. The summed E-state index contributed by atoms with van der Waals surface area (Å²) in [7, 11) is 0. The average molecular weight is 384 g/mol. The van der Waals surface area contributed by atoms with Crippen molar-refractivity contribution in [1.82, 2.24) is 29.4 Å². The van der Waals surface area contributed by atoms with Crippen molar-refractivity contribution < 1.29 is 4.79 Å². The van der Waals surface area contributed by atoms with Gasteiger partial charge in [0.15, 0.2) is 5.82 Å². The van der Waals surface area contributed by atoms with E-state index < -0.39 is 0 Å². The summed E-state index contributed by atoms with van der Waals surface area (Å²) in [6.07, 6.45) is 2.84. The second-order valence-corrected chi connectivity index (χ2v) is 8.01. The first-order valence-electron chi connectivity index (χ1n) is 10.1. The predicted molar refractivity (Wildman–Crippen MR) is 105 cm³/mol. The minimum absolute atomic E-state index is 0.0809. The molecule has 0 spiro atoms. The van der Waals surface area contributed by atoms with Crippen molar-refractivity contribution in [3.05, 3.63) is 39.9 Å². The highest BCUT2D eigenvalue weighted by atomic mass is 16.2. The second-order valence-electron chi connectivity index (χ2n) is 8.01. The number of aromatic nitrogens is 4. The molecule has 2 aliphatic rings. The lowest BCUT2D eigenvalue weighted by atomic mass is 10.0. The quantitative estimate of drug-likeness (QED) is 0.742. The van der Waals surface area contributed by atoms with Crippen LogP contribution in [0.15, 0.2) is 23.0 Å². The molecule has 2 aromatic rings. The topological polar surface area (TPSA) is 76.3 Å². The maximum absolute atomic E-state index is 12.2. The zero-order valence-electron chi connectivity index (χ0n) is 16.7. The normalized spacial score (nSPS) is 18.5. The van der Waals surface area contributed by atoms with Gasteiger partial charge in [0.25, 0.3) is 5.56 Å². The van der Waals surface area contributed by atoms with Crippen LogP contribution in [0, 0.1) is 19.8 Å². The van der Waals surface area contributed by atoms with Crippen molar-refractivity contribution in [2.75, 3.05) is 32.7 Å². The SMILES string of the molecule is Cc1cc(C)n(-c2ccc(=O)n(CC3CN(CCN4CCCCC4=O)C3)n2)n1. The Morgan fingerprint density at radius 2 is 1.89 bits per heavy atom. The molecule has 0 atom stereocenters.